The number of fused-ring (bicyclic) bond motifs is 17. The molecule has 11 aromatic rings. The molecule has 0 radical (unpaired) electrons. The molecular formula is C64H55BN2OS. The van der Waals surface area contributed by atoms with E-state index in [2.05, 4.69) is 230 Å². The van der Waals surface area contributed by atoms with E-state index in [0.717, 1.165) is 11.2 Å². The maximum absolute atomic E-state index is 7.34. The number of rotatable bonds is 2. The molecular weight excluding hydrogens is 856 g/mol. The van der Waals surface area contributed by atoms with Crippen molar-refractivity contribution >= 4 is 93.6 Å². The quantitative estimate of drug-likeness (QED) is 0.161. The van der Waals surface area contributed by atoms with Crippen molar-refractivity contribution < 1.29 is 4.42 Å². The number of thiophene rings is 1. The molecule has 0 saturated heterocycles. The summed E-state index contributed by atoms with van der Waals surface area (Å²) in [5, 5.41) is 6.11. The molecule has 8 aromatic carbocycles. The van der Waals surface area contributed by atoms with E-state index in [1.807, 2.05) is 11.3 Å². The van der Waals surface area contributed by atoms with E-state index in [4.69, 9.17) is 4.42 Å². The molecule has 2 aliphatic heterocycles. The lowest BCUT2D eigenvalue weighted by molar-refractivity contribution is 0.521. The Morgan fingerprint density at radius 1 is 0.551 bits per heavy atom. The molecule has 0 fully saturated rings. The van der Waals surface area contributed by atoms with Gasteiger partial charge in [-0.05, 0) is 115 Å². The molecule has 0 unspecified atom stereocenters. The summed E-state index contributed by atoms with van der Waals surface area (Å²) in [5.41, 5.74) is 22.2. The highest BCUT2D eigenvalue weighted by Crippen LogP contribution is 2.57. The van der Waals surface area contributed by atoms with Crippen molar-refractivity contribution in [3.8, 4) is 27.9 Å². The number of furan rings is 1. The molecule has 14 rings (SSSR count). The Bertz CT molecular complexity index is 4030. The lowest BCUT2D eigenvalue weighted by Crippen LogP contribution is -2.59. The fourth-order valence-corrected chi connectivity index (χ4v) is 14.2. The molecule has 3 nitrogen and oxygen atoms in total. The van der Waals surface area contributed by atoms with Crippen LogP contribution in [0, 0.1) is 0 Å². The second-order valence-electron chi connectivity index (χ2n) is 23.3. The van der Waals surface area contributed by atoms with Crippen LogP contribution in [-0.2, 0) is 21.7 Å². The first-order valence-corrected chi connectivity index (χ1v) is 25.6. The van der Waals surface area contributed by atoms with Gasteiger partial charge in [0.05, 0.1) is 22.1 Å². The zero-order valence-corrected chi connectivity index (χ0v) is 42.0. The Hall–Kier alpha value is -6.82. The van der Waals surface area contributed by atoms with Gasteiger partial charge in [0.15, 0.2) is 0 Å². The normalized spacial score (nSPS) is 15.6. The predicted octanol–water partition coefficient (Wildman–Crippen LogP) is 16.4. The summed E-state index contributed by atoms with van der Waals surface area (Å²) in [7, 11) is 0. The Kier molecular flexibility index (Phi) is 8.05. The lowest BCUT2D eigenvalue weighted by Gasteiger charge is -2.47. The fourth-order valence-electron chi connectivity index (χ4n) is 12.9. The van der Waals surface area contributed by atoms with Gasteiger partial charge in [0.25, 0.3) is 0 Å². The summed E-state index contributed by atoms with van der Waals surface area (Å²) in [5.74, 6) is 0. The molecule has 0 bridgehead atoms. The highest BCUT2D eigenvalue weighted by Gasteiger charge is 2.50. The van der Waals surface area contributed by atoms with E-state index in [9.17, 15) is 0 Å². The SMILES string of the molecule is CC(C)(C)c1ccc(N2B3c4sc5cc(-c6ccccc6)ccc5c4-n4c5ccc(C(C)(C)C)cc5c5c6oc7ccccc7c6c(c3c54)-c3cc4c(cc32)C(C)(C)c2ccccc2C4(C)C)cc1. The van der Waals surface area contributed by atoms with E-state index < -0.39 is 0 Å². The summed E-state index contributed by atoms with van der Waals surface area (Å²) < 4.78 is 12.7. The minimum atomic E-state index is -0.237. The number of aromatic nitrogens is 1. The van der Waals surface area contributed by atoms with Gasteiger partial charge in [0.2, 0.25) is 0 Å². The molecule has 0 N–H and O–H groups in total. The van der Waals surface area contributed by atoms with Crippen molar-refractivity contribution in [1.29, 1.82) is 0 Å². The molecule has 336 valence electrons. The number of hydrogen-bond acceptors (Lipinski definition) is 3. The summed E-state index contributed by atoms with van der Waals surface area (Å²) >= 11 is 1.98. The summed E-state index contributed by atoms with van der Waals surface area (Å²) in [4.78, 5) is 2.75. The molecule has 3 aliphatic rings. The zero-order chi connectivity index (χ0) is 47.3. The Morgan fingerprint density at radius 3 is 1.91 bits per heavy atom. The molecule has 1 aliphatic carbocycles. The van der Waals surface area contributed by atoms with Crippen molar-refractivity contribution in [3.05, 3.63) is 185 Å². The van der Waals surface area contributed by atoms with Crippen LogP contribution in [0.5, 0.6) is 0 Å². The maximum atomic E-state index is 7.34. The predicted molar refractivity (Wildman–Crippen MR) is 296 cm³/mol. The van der Waals surface area contributed by atoms with Crippen molar-refractivity contribution in [2.45, 2.75) is 90.9 Å². The minimum Gasteiger partial charge on any atom is -0.455 e. The van der Waals surface area contributed by atoms with Gasteiger partial charge in [-0.25, -0.2) is 0 Å². The third-order valence-corrected chi connectivity index (χ3v) is 17.7. The van der Waals surface area contributed by atoms with E-state index in [0.29, 0.717) is 0 Å². The van der Waals surface area contributed by atoms with Crippen LogP contribution >= 0.6 is 11.3 Å². The van der Waals surface area contributed by atoms with Crippen molar-refractivity contribution in [1.82, 2.24) is 4.57 Å². The molecule has 0 atom stereocenters. The minimum absolute atomic E-state index is 0.0138. The Morgan fingerprint density at radius 2 is 1.20 bits per heavy atom. The number of anilines is 2. The first-order chi connectivity index (χ1) is 33.0. The standard InChI is InChI=1S/C64H55BN2OS/c1-61(2,3)38-25-28-40(29-26-38)67-50-35-48-47(63(7,8)45-21-15-16-22-46(45)64(48,9)10)34-44(50)53-54-41-20-14-17-23-51(41)68-59(54)55-43-33-39(62(4,5)6)27-31-49(43)66-57-42-30-24-37(36-18-12-11-13-19-36)32-52(42)69-60(57)65(67)56(53)58(55)66/h11-35H,1-10H3. The van der Waals surface area contributed by atoms with Gasteiger partial charge in [0, 0.05) is 58.8 Å². The molecule has 5 heterocycles. The van der Waals surface area contributed by atoms with Gasteiger partial charge >= 0.3 is 6.85 Å². The van der Waals surface area contributed by atoms with Crippen LogP contribution in [0.2, 0.25) is 0 Å². The maximum Gasteiger partial charge on any atom is 0.343 e. The number of benzene rings is 8. The van der Waals surface area contributed by atoms with Crippen molar-refractivity contribution in [2.75, 3.05) is 4.81 Å². The first kappa shape index (κ1) is 41.2. The van der Waals surface area contributed by atoms with Crippen molar-refractivity contribution in [3.63, 3.8) is 0 Å². The third-order valence-electron chi connectivity index (χ3n) is 16.5. The monoisotopic (exact) mass is 910 g/mol. The smallest absolute Gasteiger partial charge is 0.343 e. The zero-order valence-electron chi connectivity index (χ0n) is 41.2. The second-order valence-corrected chi connectivity index (χ2v) is 24.4. The van der Waals surface area contributed by atoms with Crippen LogP contribution < -0.4 is 15.1 Å². The molecule has 0 amide bonds. The summed E-state index contributed by atoms with van der Waals surface area (Å²) in [6.07, 6.45) is 0. The Labute approximate surface area is 409 Å². The topological polar surface area (TPSA) is 21.3 Å². The van der Waals surface area contributed by atoms with Crippen LogP contribution in [0.3, 0.4) is 0 Å². The fraction of sp³-hybridized carbons (Fsp3) is 0.219. The van der Waals surface area contributed by atoms with E-state index in [1.54, 1.807) is 0 Å². The Balaban J connectivity index is 1.21. The molecule has 0 saturated carbocycles. The summed E-state index contributed by atoms with van der Waals surface area (Å²) in [6, 6.07) is 58.0. The van der Waals surface area contributed by atoms with Gasteiger partial charge in [0.1, 0.15) is 11.2 Å². The number of para-hydroxylation sites is 1. The average molecular weight is 911 g/mol. The highest BCUT2D eigenvalue weighted by atomic mass is 32.1. The number of nitrogens with zero attached hydrogens (tertiary/aromatic N) is 2. The van der Waals surface area contributed by atoms with Crippen molar-refractivity contribution in [2.24, 2.45) is 0 Å². The van der Waals surface area contributed by atoms with Crippen LogP contribution in [0.1, 0.15) is 103 Å². The van der Waals surface area contributed by atoms with Crippen LogP contribution in [0.4, 0.5) is 11.4 Å². The van der Waals surface area contributed by atoms with Gasteiger partial charge in [-0.2, -0.15) is 0 Å². The third kappa shape index (κ3) is 5.40. The second kappa shape index (κ2) is 13.5. The van der Waals surface area contributed by atoms with Gasteiger partial charge in [-0.15, -0.1) is 11.3 Å². The van der Waals surface area contributed by atoms with Crippen LogP contribution in [0.25, 0.3) is 81.8 Å². The highest BCUT2D eigenvalue weighted by molar-refractivity contribution is 7.32. The van der Waals surface area contributed by atoms with E-state index in [-0.39, 0.29) is 28.5 Å². The molecule has 0 spiro atoms. The van der Waals surface area contributed by atoms with Gasteiger partial charge in [-0.1, -0.05) is 172 Å². The van der Waals surface area contributed by atoms with Crippen LogP contribution in [-0.4, -0.2) is 11.4 Å². The lowest BCUT2D eigenvalue weighted by atomic mass is 9.46. The van der Waals surface area contributed by atoms with E-state index in [1.165, 1.54) is 126 Å². The first-order valence-electron chi connectivity index (χ1n) is 24.8. The molecule has 5 heteroatoms. The average Bonchev–Trinajstić information content (AvgIpc) is 4.02. The van der Waals surface area contributed by atoms with Gasteiger partial charge < -0.3 is 13.8 Å². The van der Waals surface area contributed by atoms with Gasteiger partial charge in [-0.3, -0.25) is 0 Å². The largest absolute Gasteiger partial charge is 0.455 e. The van der Waals surface area contributed by atoms with E-state index >= 15 is 0 Å². The molecule has 3 aromatic heterocycles. The summed E-state index contributed by atoms with van der Waals surface area (Å²) in [6.45, 7) is 23.6. The molecule has 69 heavy (non-hydrogen) atoms. The number of hydrogen-bond donors (Lipinski definition) is 0. The van der Waals surface area contributed by atoms with Crippen LogP contribution in [0.15, 0.2) is 156 Å².